The molecule has 0 saturated carbocycles. The Hall–Kier alpha value is -1.73. The van der Waals surface area contributed by atoms with Crippen LogP contribution in [0.3, 0.4) is 0 Å². The molecule has 24 heavy (non-hydrogen) atoms. The highest BCUT2D eigenvalue weighted by Gasteiger charge is 2.36. The summed E-state index contributed by atoms with van der Waals surface area (Å²) in [6.07, 6.45) is -4.46. The maximum Gasteiger partial charge on any atom is 0.416 e. The maximum atomic E-state index is 13.4. The Kier molecular flexibility index (Phi) is 4.48. The van der Waals surface area contributed by atoms with Gasteiger partial charge in [-0.25, -0.2) is 0 Å². The molecule has 0 radical (unpaired) electrons. The monoisotopic (exact) mass is 376 g/mol. The highest BCUT2D eigenvalue weighted by Crippen LogP contribution is 2.40. The Bertz CT molecular complexity index is 767. The normalized spacial score (nSPS) is 15.7. The van der Waals surface area contributed by atoms with E-state index in [2.05, 4.69) is 15.5 Å². The fraction of sp³-hybridized carbons (Fsp3) is 0.333. The van der Waals surface area contributed by atoms with Gasteiger partial charge in [0.1, 0.15) is 0 Å². The van der Waals surface area contributed by atoms with Crippen LogP contribution in [0.2, 0.25) is 10.2 Å². The number of hydrogen-bond acceptors (Lipinski definition) is 4. The van der Waals surface area contributed by atoms with Gasteiger partial charge in [-0.2, -0.15) is 13.2 Å². The zero-order chi connectivity index (χ0) is 17.5. The first-order chi connectivity index (χ1) is 11.3. The molecule has 3 rings (SSSR count). The molecule has 2 aromatic rings. The first kappa shape index (κ1) is 17.1. The molecule has 1 aromatic heterocycles. The zero-order valence-corrected chi connectivity index (χ0v) is 14.0. The van der Waals surface area contributed by atoms with Gasteiger partial charge >= 0.3 is 6.18 Å². The average molecular weight is 377 g/mol. The van der Waals surface area contributed by atoms with E-state index in [1.54, 1.807) is 13.0 Å². The lowest BCUT2D eigenvalue weighted by molar-refractivity contribution is -0.138. The van der Waals surface area contributed by atoms with Crippen molar-refractivity contribution in [3.63, 3.8) is 0 Å². The highest BCUT2D eigenvalue weighted by atomic mass is 35.5. The molecule has 128 valence electrons. The third-order valence-corrected chi connectivity index (χ3v) is 4.35. The summed E-state index contributed by atoms with van der Waals surface area (Å²) in [6, 6.07) is 4.63. The largest absolute Gasteiger partial charge is 0.416 e. The fourth-order valence-electron chi connectivity index (χ4n) is 2.83. The number of nitrogens with one attached hydrogen (secondary N) is 1. The Morgan fingerprint density at radius 1 is 1.21 bits per heavy atom. The molecule has 0 amide bonds. The first-order valence-corrected chi connectivity index (χ1v) is 7.93. The molecule has 1 unspecified atom stereocenters. The predicted octanol–water partition coefficient (Wildman–Crippen LogP) is 4.80. The number of anilines is 2. The molecule has 1 N–H and O–H groups in total. The van der Waals surface area contributed by atoms with Crippen LogP contribution in [0, 0.1) is 0 Å². The fourth-order valence-corrected chi connectivity index (χ4v) is 3.15. The Balaban J connectivity index is 2.07. The van der Waals surface area contributed by atoms with Crippen molar-refractivity contribution >= 4 is 34.7 Å². The van der Waals surface area contributed by atoms with Crippen LogP contribution in [0.25, 0.3) is 0 Å². The maximum absolute atomic E-state index is 13.4. The second-order valence-corrected chi connectivity index (χ2v) is 6.25. The standard InChI is InChI=1S/C15H13Cl2F3N4/c1-8(10-6-9(16)2-3-11(10)15(18,19)20)24-5-4-21-14-12(24)7-13(17)22-23-14/h2-3,6-8H,4-5H2,1H3,(H,21,23). The average Bonchev–Trinajstić information content (AvgIpc) is 2.52. The summed E-state index contributed by atoms with van der Waals surface area (Å²) in [5.74, 6) is 0.494. The molecule has 2 heterocycles. The Labute approximate surface area is 146 Å². The number of rotatable bonds is 2. The van der Waals surface area contributed by atoms with Gasteiger partial charge < -0.3 is 10.2 Å². The van der Waals surface area contributed by atoms with Crippen molar-refractivity contribution in [3.8, 4) is 0 Å². The van der Waals surface area contributed by atoms with E-state index in [0.717, 1.165) is 6.07 Å². The molecule has 0 fully saturated rings. The number of benzene rings is 1. The second kappa shape index (κ2) is 6.29. The quantitative estimate of drug-likeness (QED) is 0.817. The van der Waals surface area contributed by atoms with E-state index < -0.39 is 17.8 Å². The van der Waals surface area contributed by atoms with Crippen molar-refractivity contribution in [3.05, 3.63) is 45.6 Å². The molecule has 1 aliphatic rings. The topological polar surface area (TPSA) is 41.0 Å². The predicted molar refractivity (Wildman–Crippen MR) is 87.7 cm³/mol. The molecule has 0 spiro atoms. The van der Waals surface area contributed by atoms with Crippen molar-refractivity contribution in [2.24, 2.45) is 0 Å². The molecule has 1 aromatic carbocycles. The number of hydrogen-bond donors (Lipinski definition) is 1. The Morgan fingerprint density at radius 3 is 2.67 bits per heavy atom. The molecule has 0 bridgehead atoms. The smallest absolute Gasteiger partial charge is 0.365 e. The van der Waals surface area contributed by atoms with Crippen LogP contribution in [-0.4, -0.2) is 23.3 Å². The van der Waals surface area contributed by atoms with Crippen molar-refractivity contribution in [1.29, 1.82) is 0 Å². The van der Waals surface area contributed by atoms with Gasteiger partial charge in [-0.05, 0) is 30.7 Å². The van der Waals surface area contributed by atoms with E-state index in [9.17, 15) is 13.2 Å². The minimum absolute atomic E-state index is 0.107. The summed E-state index contributed by atoms with van der Waals surface area (Å²) in [5, 5.41) is 11.2. The van der Waals surface area contributed by atoms with Crippen molar-refractivity contribution in [2.75, 3.05) is 23.3 Å². The lowest BCUT2D eigenvalue weighted by Gasteiger charge is -2.37. The molecular weight excluding hydrogens is 364 g/mol. The number of nitrogens with zero attached hydrogens (tertiary/aromatic N) is 3. The summed E-state index contributed by atoms with van der Waals surface area (Å²) in [6.45, 7) is 2.74. The lowest BCUT2D eigenvalue weighted by atomic mass is 9.99. The van der Waals surface area contributed by atoms with Crippen molar-refractivity contribution in [2.45, 2.75) is 19.1 Å². The minimum atomic E-state index is -4.46. The molecule has 4 nitrogen and oxygen atoms in total. The van der Waals surface area contributed by atoms with Crippen LogP contribution < -0.4 is 10.2 Å². The minimum Gasteiger partial charge on any atom is -0.365 e. The second-order valence-electron chi connectivity index (χ2n) is 5.43. The van der Waals surface area contributed by atoms with Gasteiger partial charge in [-0.1, -0.05) is 23.2 Å². The SMILES string of the molecule is CC(c1cc(Cl)ccc1C(F)(F)F)N1CCNc2nnc(Cl)cc21. The summed E-state index contributed by atoms with van der Waals surface area (Å²) < 4.78 is 40.1. The third-order valence-electron chi connectivity index (χ3n) is 3.94. The molecule has 0 aliphatic carbocycles. The van der Waals surface area contributed by atoms with E-state index >= 15 is 0 Å². The van der Waals surface area contributed by atoms with Gasteiger partial charge in [0.15, 0.2) is 11.0 Å². The van der Waals surface area contributed by atoms with E-state index in [4.69, 9.17) is 23.2 Å². The van der Waals surface area contributed by atoms with E-state index in [1.165, 1.54) is 12.1 Å². The zero-order valence-electron chi connectivity index (χ0n) is 12.5. The number of halogens is 5. The number of alkyl halides is 3. The van der Waals surface area contributed by atoms with Gasteiger partial charge in [0.25, 0.3) is 0 Å². The molecule has 1 aliphatic heterocycles. The van der Waals surface area contributed by atoms with Crippen molar-refractivity contribution in [1.82, 2.24) is 10.2 Å². The highest BCUT2D eigenvalue weighted by molar-refractivity contribution is 6.30. The summed E-state index contributed by atoms with van der Waals surface area (Å²) in [7, 11) is 0. The van der Waals surface area contributed by atoms with Gasteiger partial charge in [-0.15, -0.1) is 10.2 Å². The molecular formula is C15H13Cl2F3N4. The first-order valence-electron chi connectivity index (χ1n) is 7.18. The van der Waals surface area contributed by atoms with Gasteiger partial charge in [0.2, 0.25) is 0 Å². The number of aromatic nitrogens is 2. The van der Waals surface area contributed by atoms with Crippen LogP contribution in [0.4, 0.5) is 24.7 Å². The van der Waals surface area contributed by atoms with Crippen LogP contribution in [0.15, 0.2) is 24.3 Å². The van der Waals surface area contributed by atoms with Crippen LogP contribution in [0.1, 0.15) is 24.1 Å². The Morgan fingerprint density at radius 2 is 1.96 bits per heavy atom. The molecule has 0 saturated heterocycles. The summed E-state index contributed by atoms with van der Waals surface area (Å²) in [4.78, 5) is 1.81. The van der Waals surface area contributed by atoms with E-state index in [0.29, 0.717) is 24.6 Å². The summed E-state index contributed by atoms with van der Waals surface area (Å²) in [5.41, 5.74) is 0.0187. The summed E-state index contributed by atoms with van der Waals surface area (Å²) >= 11 is 11.8. The van der Waals surface area contributed by atoms with Gasteiger partial charge in [0.05, 0.1) is 17.3 Å². The van der Waals surface area contributed by atoms with Gasteiger partial charge in [-0.3, -0.25) is 0 Å². The third kappa shape index (κ3) is 3.23. The van der Waals surface area contributed by atoms with E-state index in [1.807, 2.05) is 4.90 Å². The molecule has 9 heteroatoms. The van der Waals surface area contributed by atoms with Crippen LogP contribution >= 0.6 is 23.2 Å². The van der Waals surface area contributed by atoms with Crippen LogP contribution in [0.5, 0.6) is 0 Å². The van der Waals surface area contributed by atoms with Gasteiger partial charge in [0, 0.05) is 24.2 Å². The lowest BCUT2D eigenvalue weighted by Crippen LogP contribution is -2.37. The van der Waals surface area contributed by atoms with Crippen LogP contribution in [-0.2, 0) is 6.18 Å². The van der Waals surface area contributed by atoms with E-state index in [-0.39, 0.29) is 15.7 Å². The molecule has 1 atom stereocenters. The van der Waals surface area contributed by atoms with Crippen molar-refractivity contribution < 1.29 is 13.2 Å². The number of fused-ring (bicyclic) bond motifs is 1.